The van der Waals surface area contributed by atoms with E-state index in [0.717, 1.165) is 6.54 Å². The van der Waals surface area contributed by atoms with Gasteiger partial charge in [0.2, 0.25) is 5.91 Å². The van der Waals surface area contributed by atoms with Gasteiger partial charge in [-0.1, -0.05) is 36.4 Å². The van der Waals surface area contributed by atoms with Crippen LogP contribution in [0, 0.1) is 0 Å². The number of carbonyl (C=O) groups excluding carboxylic acids is 2. The van der Waals surface area contributed by atoms with Gasteiger partial charge in [-0.3, -0.25) is 19.5 Å². The molecule has 0 spiro atoms. The van der Waals surface area contributed by atoms with Crippen molar-refractivity contribution in [2.75, 3.05) is 19.6 Å². The van der Waals surface area contributed by atoms with Gasteiger partial charge < -0.3 is 10.6 Å². The Hall–Kier alpha value is -2.73. The van der Waals surface area contributed by atoms with E-state index in [2.05, 4.69) is 9.88 Å². The van der Waals surface area contributed by atoms with Crippen LogP contribution in [0.25, 0.3) is 0 Å². The Morgan fingerprint density at radius 3 is 2.50 bits per heavy atom. The van der Waals surface area contributed by atoms with Gasteiger partial charge in [0.1, 0.15) is 11.7 Å². The van der Waals surface area contributed by atoms with E-state index in [0.29, 0.717) is 25.3 Å². The largest absolute Gasteiger partial charge is 0.368 e. The number of piperazine rings is 1. The van der Waals surface area contributed by atoms with Crippen LogP contribution in [0.15, 0.2) is 54.7 Å². The minimum absolute atomic E-state index is 0.251. The number of amides is 2. The second-order valence-corrected chi connectivity index (χ2v) is 5.85. The molecule has 3 rings (SSSR count). The molecule has 1 aliphatic heterocycles. The van der Waals surface area contributed by atoms with Crippen molar-refractivity contribution >= 4 is 11.8 Å². The minimum atomic E-state index is -0.642. The van der Waals surface area contributed by atoms with E-state index in [4.69, 9.17) is 5.73 Å². The first kappa shape index (κ1) is 16.1. The zero-order chi connectivity index (χ0) is 16.9. The molecule has 1 aliphatic rings. The first-order valence-corrected chi connectivity index (χ1v) is 7.93. The predicted molar refractivity (Wildman–Crippen MR) is 90.0 cm³/mol. The summed E-state index contributed by atoms with van der Waals surface area (Å²) in [5, 5.41) is 0. The van der Waals surface area contributed by atoms with Crippen molar-refractivity contribution in [1.82, 2.24) is 14.8 Å². The van der Waals surface area contributed by atoms with Crippen LogP contribution in [0.5, 0.6) is 0 Å². The van der Waals surface area contributed by atoms with Crippen molar-refractivity contribution < 1.29 is 9.59 Å². The van der Waals surface area contributed by atoms with Crippen LogP contribution in [0.3, 0.4) is 0 Å². The monoisotopic (exact) mass is 324 g/mol. The van der Waals surface area contributed by atoms with E-state index in [1.807, 2.05) is 30.3 Å². The Labute approximate surface area is 140 Å². The molecule has 1 aromatic heterocycles. The van der Waals surface area contributed by atoms with Crippen LogP contribution >= 0.6 is 0 Å². The van der Waals surface area contributed by atoms with Gasteiger partial charge in [0.25, 0.3) is 5.91 Å². The molecule has 2 heterocycles. The predicted octanol–water partition coefficient (Wildman–Crippen LogP) is 0.893. The number of aromatic nitrogens is 1. The van der Waals surface area contributed by atoms with Gasteiger partial charge in [-0.15, -0.1) is 0 Å². The molecule has 2 aromatic rings. The maximum Gasteiger partial charge on any atom is 0.273 e. The normalized spacial score (nSPS) is 18.3. The van der Waals surface area contributed by atoms with Crippen molar-refractivity contribution in [3.05, 3.63) is 66.0 Å². The van der Waals surface area contributed by atoms with E-state index in [9.17, 15) is 9.59 Å². The molecular formula is C18H20N4O2. The molecule has 1 fully saturated rings. The number of rotatable bonds is 4. The molecule has 0 bridgehead atoms. The highest BCUT2D eigenvalue weighted by Crippen LogP contribution is 2.15. The van der Waals surface area contributed by atoms with Crippen LogP contribution in [0.1, 0.15) is 16.1 Å². The Bertz CT molecular complexity index is 705. The second kappa shape index (κ2) is 7.23. The van der Waals surface area contributed by atoms with Gasteiger partial charge in [0.05, 0.1) is 0 Å². The molecule has 2 amide bonds. The number of nitrogens with two attached hydrogens (primary N) is 1. The average molecular weight is 324 g/mol. The Kier molecular flexibility index (Phi) is 4.86. The third-order valence-electron chi connectivity index (χ3n) is 4.19. The number of hydrogen-bond donors (Lipinski definition) is 1. The Morgan fingerprint density at radius 2 is 1.83 bits per heavy atom. The first-order valence-electron chi connectivity index (χ1n) is 7.93. The third kappa shape index (κ3) is 3.60. The number of carbonyl (C=O) groups is 2. The minimum Gasteiger partial charge on any atom is -0.368 e. The summed E-state index contributed by atoms with van der Waals surface area (Å²) >= 11 is 0. The maximum atomic E-state index is 12.6. The summed E-state index contributed by atoms with van der Waals surface area (Å²) < 4.78 is 0. The Balaban J connectivity index is 1.72. The number of pyridine rings is 1. The molecule has 0 saturated carbocycles. The van der Waals surface area contributed by atoms with Crippen molar-refractivity contribution in [3.63, 3.8) is 0 Å². The number of primary amides is 1. The van der Waals surface area contributed by atoms with Crippen LogP contribution in [-0.2, 0) is 11.3 Å². The lowest BCUT2D eigenvalue weighted by Crippen LogP contribution is -2.59. The van der Waals surface area contributed by atoms with Crippen molar-refractivity contribution in [1.29, 1.82) is 0 Å². The quantitative estimate of drug-likeness (QED) is 0.906. The summed E-state index contributed by atoms with van der Waals surface area (Å²) in [4.78, 5) is 32.3. The lowest BCUT2D eigenvalue weighted by molar-refractivity contribution is -0.124. The zero-order valence-electron chi connectivity index (χ0n) is 13.3. The topological polar surface area (TPSA) is 79.5 Å². The highest BCUT2D eigenvalue weighted by molar-refractivity contribution is 5.96. The smallest absolute Gasteiger partial charge is 0.273 e. The summed E-state index contributed by atoms with van der Waals surface area (Å²) in [6.45, 7) is 2.31. The highest BCUT2D eigenvalue weighted by atomic mass is 16.2. The van der Waals surface area contributed by atoms with Crippen LogP contribution in [0.2, 0.25) is 0 Å². The average Bonchev–Trinajstić information content (AvgIpc) is 2.62. The Morgan fingerprint density at radius 1 is 1.08 bits per heavy atom. The molecule has 2 N–H and O–H groups in total. The van der Waals surface area contributed by atoms with Crippen LogP contribution in [-0.4, -0.2) is 52.3 Å². The zero-order valence-corrected chi connectivity index (χ0v) is 13.3. The van der Waals surface area contributed by atoms with Crippen LogP contribution in [0.4, 0.5) is 0 Å². The summed E-state index contributed by atoms with van der Waals surface area (Å²) in [6.07, 6.45) is 1.57. The van der Waals surface area contributed by atoms with Gasteiger partial charge in [0, 0.05) is 32.4 Å². The van der Waals surface area contributed by atoms with Gasteiger partial charge in [-0.05, 0) is 17.7 Å². The number of benzene rings is 1. The van der Waals surface area contributed by atoms with Gasteiger partial charge >= 0.3 is 0 Å². The standard InChI is InChI=1S/C18H20N4O2/c19-17(23)16-13-21(12-14-6-2-1-3-7-14)10-11-22(16)18(24)15-8-4-5-9-20-15/h1-9,16H,10-13H2,(H2,19,23). The molecule has 124 valence electrons. The van der Waals surface area contributed by atoms with E-state index in [-0.39, 0.29) is 5.91 Å². The lowest BCUT2D eigenvalue weighted by atomic mass is 10.1. The number of hydrogen-bond acceptors (Lipinski definition) is 4. The lowest BCUT2D eigenvalue weighted by Gasteiger charge is -2.39. The summed E-state index contributed by atoms with van der Waals surface area (Å²) in [5.41, 5.74) is 7.05. The molecule has 0 radical (unpaired) electrons. The van der Waals surface area contributed by atoms with Gasteiger partial charge in [-0.2, -0.15) is 0 Å². The molecular weight excluding hydrogens is 304 g/mol. The SMILES string of the molecule is NC(=O)C1CN(Cc2ccccc2)CCN1C(=O)c1ccccn1. The van der Waals surface area contributed by atoms with Crippen molar-refractivity contribution in [2.24, 2.45) is 5.73 Å². The van der Waals surface area contributed by atoms with Crippen molar-refractivity contribution in [2.45, 2.75) is 12.6 Å². The van der Waals surface area contributed by atoms with Crippen LogP contribution < -0.4 is 5.73 Å². The third-order valence-corrected chi connectivity index (χ3v) is 4.19. The molecule has 1 atom stereocenters. The van der Waals surface area contributed by atoms with E-state index < -0.39 is 11.9 Å². The fourth-order valence-electron chi connectivity index (χ4n) is 2.95. The molecule has 6 heteroatoms. The fraction of sp³-hybridized carbons (Fsp3) is 0.278. The molecule has 1 unspecified atom stereocenters. The van der Waals surface area contributed by atoms with E-state index in [1.165, 1.54) is 10.5 Å². The second-order valence-electron chi connectivity index (χ2n) is 5.85. The van der Waals surface area contributed by atoms with Gasteiger partial charge in [0.15, 0.2) is 0 Å². The first-order chi connectivity index (χ1) is 11.6. The molecule has 24 heavy (non-hydrogen) atoms. The van der Waals surface area contributed by atoms with Gasteiger partial charge in [-0.25, -0.2) is 0 Å². The number of nitrogens with zero attached hydrogens (tertiary/aromatic N) is 3. The molecule has 1 aromatic carbocycles. The summed E-state index contributed by atoms with van der Waals surface area (Å²) in [7, 11) is 0. The highest BCUT2D eigenvalue weighted by Gasteiger charge is 2.34. The molecule has 6 nitrogen and oxygen atoms in total. The summed E-state index contributed by atoms with van der Waals surface area (Å²) in [5.74, 6) is -0.740. The van der Waals surface area contributed by atoms with E-state index >= 15 is 0 Å². The molecule has 1 saturated heterocycles. The maximum absolute atomic E-state index is 12.6. The fourth-order valence-corrected chi connectivity index (χ4v) is 2.95. The van der Waals surface area contributed by atoms with E-state index in [1.54, 1.807) is 24.4 Å². The summed E-state index contributed by atoms with van der Waals surface area (Å²) in [6, 6.07) is 14.6. The molecule has 0 aliphatic carbocycles. The van der Waals surface area contributed by atoms with Crippen molar-refractivity contribution in [3.8, 4) is 0 Å².